The predicted octanol–water partition coefficient (Wildman–Crippen LogP) is 3.73. The molecule has 9 heteroatoms. The lowest BCUT2D eigenvalue weighted by atomic mass is 10.2. The van der Waals surface area contributed by atoms with Crippen molar-refractivity contribution in [2.24, 2.45) is 4.99 Å². The summed E-state index contributed by atoms with van der Waals surface area (Å²) in [5, 5.41) is 6.23. The Kier molecular flexibility index (Phi) is 10.7. The third-order valence-electron chi connectivity index (χ3n) is 4.50. The van der Waals surface area contributed by atoms with Crippen LogP contribution in [0, 0.1) is 5.82 Å². The summed E-state index contributed by atoms with van der Waals surface area (Å²) in [7, 11) is -1.93. The summed E-state index contributed by atoms with van der Waals surface area (Å²) in [5.74, 6) is 0.297. The van der Waals surface area contributed by atoms with Crippen molar-refractivity contribution in [2.45, 2.75) is 44.8 Å². The molecule has 0 radical (unpaired) electrons. The lowest BCUT2D eigenvalue weighted by molar-refractivity contribution is 0.410. The summed E-state index contributed by atoms with van der Waals surface area (Å²) in [6, 6.07) is 13.2. The zero-order valence-electron chi connectivity index (χ0n) is 17.7. The Morgan fingerprint density at radius 2 is 1.73 bits per heavy atom. The number of hydrogen-bond donors (Lipinski definition) is 2. The average molecular weight is 548 g/mol. The number of nitrogens with one attached hydrogen (secondary N) is 2. The minimum Gasteiger partial charge on any atom is -0.357 e. The van der Waals surface area contributed by atoms with E-state index in [1.54, 1.807) is 49.5 Å². The SMILES string of the molecule is CCNC(=NCc1ccc(S(=O)(=O)N(C)C(C)C)cc1)NCc1ccccc1F.I. The minimum absolute atomic E-state index is 0. The summed E-state index contributed by atoms with van der Waals surface area (Å²) in [6.45, 7) is 6.96. The molecule has 0 saturated heterocycles. The quantitative estimate of drug-likeness (QED) is 0.300. The molecule has 2 aromatic carbocycles. The lowest BCUT2D eigenvalue weighted by Gasteiger charge is -2.21. The van der Waals surface area contributed by atoms with Gasteiger partial charge in [0.1, 0.15) is 5.82 Å². The zero-order chi connectivity index (χ0) is 21.4. The van der Waals surface area contributed by atoms with Gasteiger partial charge in [0.05, 0.1) is 11.4 Å². The van der Waals surface area contributed by atoms with Crippen LogP contribution in [0.15, 0.2) is 58.4 Å². The first kappa shape index (κ1) is 26.3. The van der Waals surface area contributed by atoms with Crippen LogP contribution in [0.5, 0.6) is 0 Å². The summed E-state index contributed by atoms with van der Waals surface area (Å²) in [6.07, 6.45) is 0. The van der Waals surface area contributed by atoms with Crippen LogP contribution in [0.2, 0.25) is 0 Å². The molecule has 0 saturated carbocycles. The van der Waals surface area contributed by atoms with Crippen LogP contribution in [-0.2, 0) is 23.1 Å². The van der Waals surface area contributed by atoms with Gasteiger partial charge in [-0.1, -0.05) is 30.3 Å². The molecule has 0 bridgehead atoms. The van der Waals surface area contributed by atoms with E-state index in [1.807, 2.05) is 20.8 Å². The van der Waals surface area contributed by atoms with Crippen molar-refractivity contribution in [3.8, 4) is 0 Å². The van der Waals surface area contributed by atoms with Crippen LogP contribution < -0.4 is 10.6 Å². The number of rotatable bonds is 8. The van der Waals surface area contributed by atoms with E-state index < -0.39 is 10.0 Å². The molecule has 6 nitrogen and oxygen atoms in total. The molecule has 0 atom stereocenters. The Hall–Kier alpha value is -1.72. The van der Waals surface area contributed by atoms with Gasteiger partial charge in [-0.25, -0.2) is 17.8 Å². The molecule has 2 N–H and O–H groups in total. The van der Waals surface area contributed by atoms with Crippen molar-refractivity contribution < 1.29 is 12.8 Å². The van der Waals surface area contributed by atoms with Gasteiger partial charge in [-0.05, 0) is 44.5 Å². The normalized spacial score (nSPS) is 12.0. The van der Waals surface area contributed by atoms with E-state index in [1.165, 1.54) is 10.4 Å². The van der Waals surface area contributed by atoms with Crippen LogP contribution in [0.4, 0.5) is 4.39 Å². The largest absolute Gasteiger partial charge is 0.357 e. The number of benzene rings is 2. The molecule has 0 fully saturated rings. The van der Waals surface area contributed by atoms with Crippen LogP contribution in [0.25, 0.3) is 0 Å². The van der Waals surface area contributed by atoms with E-state index in [2.05, 4.69) is 15.6 Å². The molecule has 2 rings (SSSR count). The average Bonchev–Trinajstić information content (AvgIpc) is 2.70. The second-order valence-electron chi connectivity index (χ2n) is 6.90. The predicted molar refractivity (Wildman–Crippen MR) is 130 cm³/mol. The molecule has 0 heterocycles. The van der Waals surface area contributed by atoms with Crippen LogP contribution >= 0.6 is 24.0 Å². The third kappa shape index (κ3) is 7.21. The van der Waals surface area contributed by atoms with Crippen molar-refractivity contribution in [3.63, 3.8) is 0 Å². The Labute approximate surface area is 196 Å². The van der Waals surface area contributed by atoms with Gasteiger partial charge in [0.15, 0.2) is 5.96 Å². The fourth-order valence-corrected chi connectivity index (χ4v) is 3.91. The van der Waals surface area contributed by atoms with E-state index >= 15 is 0 Å². The van der Waals surface area contributed by atoms with Gasteiger partial charge >= 0.3 is 0 Å². The first-order valence-electron chi connectivity index (χ1n) is 9.58. The van der Waals surface area contributed by atoms with Gasteiger partial charge in [-0.2, -0.15) is 4.31 Å². The van der Waals surface area contributed by atoms with Gasteiger partial charge < -0.3 is 10.6 Å². The van der Waals surface area contributed by atoms with Gasteiger partial charge in [0.2, 0.25) is 10.0 Å². The van der Waals surface area contributed by atoms with E-state index in [0.717, 1.165) is 5.56 Å². The Balaban J connectivity index is 0.00000450. The fourth-order valence-electron chi connectivity index (χ4n) is 2.54. The van der Waals surface area contributed by atoms with Crippen LogP contribution in [-0.4, -0.2) is 38.3 Å². The Morgan fingerprint density at radius 3 is 2.30 bits per heavy atom. The molecule has 2 aromatic rings. The van der Waals surface area contributed by atoms with Crippen molar-refractivity contribution >= 4 is 40.0 Å². The molecule has 166 valence electrons. The molecule has 0 aliphatic carbocycles. The highest BCUT2D eigenvalue weighted by molar-refractivity contribution is 14.0. The second kappa shape index (κ2) is 12.2. The highest BCUT2D eigenvalue weighted by Crippen LogP contribution is 2.17. The maximum Gasteiger partial charge on any atom is 0.243 e. The zero-order valence-corrected chi connectivity index (χ0v) is 20.9. The Morgan fingerprint density at radius 1 is 1.10 bits per heavy atom. The molecular formula is C21H30FIN4O2S. The molecule has 0 unspecified atom stereocenters. The fraction of sp³-hybridized carbons (Fsp3) is 0.381. The maximum absolute atomic E-state index is 13.8. The van der Waals surface area contributed by atoms with Gasteiger partial charge in [0, 0.05) is 31.7 Å². The molecule has 0 aliphatic heterocycles. The van der Waals surface area contributed by atoms with E-state index in [4.69, 9.17) is 0 Å². The number of aliphatic imine (C=N–C) groups is 1. The summed E-state index contributed by atoms with van der Waals surface area (Å²) in [4.78, 5) is 4.75. The van der Waals surface area contributed by atoms with Crippen molar-refractivity contribution in [1.29, 1.82) is 0 Å². The van der Waals surface area contributed by atoms with Gasteiger partial charge in [-0.3, -0.25) is 0 Å². The molecule has 0 aromatic heterocycles. The molecule has 0 amide bonds. The van der Waals surface area contributed by atoms with E-state index in [-0.39, 0.29) is 40.7 Å². The molecular weight excluding hydrogens is 518 g/mol. The molecule has 0 aliphatic rings. The second-order valence-corrected chi connectivity index (χ2v) is 8.90. The topological polar surface area (TPSA) is 73.8 Å². The van der Waals surface area contributed by atoms with E-state index in [9.17, 15) is 12.8 Å². The monoisotopic (exact) mass is 548 g/mol. The van der Waals surface area contributed by atoms with Crippen molar-refractivity contribution in [1.82, 2.24) is 14.9 Å². The number of nitrogens with zero attached hydrogens (tertiary/aromatic N) is 2. The lowest BCUT2D eigenvalue weighted by Crippen LogP contribution is -2.37. The minimum atomic E-state index is -3.50. The Bertz CT molecular complexity index is 934. The van der Waals surface area contributed by atoms with Crippen LogP contribution in [0.1, 0.15) is 31.9 Å². The molecule has 0 spiro atoms. The number of halogens is 2. The van der Waals surface area contributed by atoms with E-state index in [0.29, 0.717) is 31.2 Å². The summed E-state index contributed by atoms with van der Waals surface area (Å²) in [5.41, 5.74) is 1.43. The van der Waals surface area contributed by atoms with Gasteiger partial charge in [-0.15, -0.1) is 24.0 Å². The standard InChI is InChI=1S/C21H29FN4O2S.HI/c1-5-23-21(25-15-18-8-6-7-9-20(18)22)24-14-17-10-12-19(13-11-17)29(27,28)26(4)16(2)3;/h6-13,16H,5,14-15H2,1-4H3,(H2,23,24,25);1H. The molecule has 30 heavy (non-hydrogen) atoms. The smallest absolute Gasteiger partial charge is 0.243 e. The first-order chi connectivity index (χ1) is 13.8. The summed E-state index contributed by atoms with van der Waals surface area (Å²) >= 11 is 0. The number of guanidine groups is 1. The third-order valence-corrected chi connectivity index (χ3v) is 6.54. The van der Waals surface area contributed by atoms with Crippen molar-refractivity contribution in [2.75, 3.05) is 13.6 Å². The van der Waals surface area contributed by atoms with Crippen molar-refractivity contribution in [3.05, 3.63) is 65.5 Å². The van der Waals surface area contributed by atoms with Gasteiger partial charge in [0.25, 0.3) is 0 Å². The first-order valence-corrected chi connectivity index (χ1v) is 11.0. The maximum atomic E-state index is 13.8. The highest BCUT2D eigenvalue weighted by Gasteiger charge is 2.22. The number of hydrogen-bond acceptors (Lipinski definition) is 3. The highest BCUT2D eigenvalue weighted by atomic mass is 127. The summed E-state index contributed by atoms with van der Waals surface area (Å²) < 4.78 is 40.2. The van der Waals surface area contributed by atoms with Crippen LogP contribution in [0.3, 0.4) is 0 Å². The number of sulfonamides is 1.